The number of likely N-dealkylation sites (tertiary alicyclic amines) is 1. The van der Waals surface area contributed by atoms with E-state index in [1.165, 1.54) is 12.8 Å². The van der Waals surface area contributed by atoms with Crippen LogP contribution in [-0.4, -0.2) is 35.6 Å². The van der Waals surface area contributed by atoms with Crippen LogP contribution in [0.2, 0.25) is 0 Å². The van der Waals surface area contributed by atoms with Gasteiger partial charge in [-0.25, -0.2) is 0 Å². The van der Waals surface area contributed by atoms with Gasteiger partial charge in [-0.2, -0.15) is 0 Å². The predicted octanol–water partition coefficient (Wildman–Crippen LogP) is 0.909. The van der Waals surface area contributed by atoms with Crippen molar-refractivity contribution in [3.63, 3.8) is 0 Å². The second kappa shape index (κ2) is 6.71. The molecule has 0 aliphatic carbocycles. The van der Waals surface area contributed by atoms with E-state index in [1.807, 2.05) is 12.3 Å². The van der Waals surface area contributed by atoms with Crippen LogP contribution in [0.25, 0.3) is 0 Å². The Morgan fingerprint density at radius 3 is 2.67 bits per heavy atom. The van der Waals surface area contributed by atoms with E-state index in [0.717, 1.165) is 45.1 Å². The maximum Gasteiger partial charge on any atom is 0.250 e. The Morgan fingerprint density at radius 1 is 1.22 bits per heavy atom. The van der Waals surface area contributed by atoms with E-state index in [-0.39, 0.29) is 5.56 Å². The minimum atomic E-state index is 0.0931. The highest BCUT2D eigenvalue weighted by atomic mass is 16.1. The molecule has 0 atom stereocenters. The van der Waals surface area contributed by atoms with Crippen molar-refractivity contribution >= 4 is 0 Å². The van der Waals surface area contributed by atoms with Crippen molar-refractivity contribution in [1.82, 2.24) is 9.47 Å². The Kier molecular flexibility index (Phi) is 4.96. The van der Waals surface area contributed by atoms with Crippen molar-refractivity contribution < 1.29 is 0 Å². The summed E-state index contributed by atoms with van der Waals surface area (Å²) in [5, 5.41) is 0. The molecule has 100 valence electrons. The fraction of sp³-hybridized carbons (Fsp3) is 0.643. The molecule has 2 heterocycles. The third kappa shape index (κ3) is 3.68. The Hall–Kier alpha value is -1.13. The fourth-order valence-electron chi connectivity index (χ4n) is 2.63. The van der Waals surface area contributed by atoms with E-state index in [1.54, 1.807) is 16.7 Å². The molecule has 0 radical (unpaired) electrons. The van der Waals surface area contributed by atoms with Crippen LogP contribution in [-0.2, 0) is 6.54 Å². The molecule has 0 spiro atoms. The topological polar surface area (TPSA) is 51.3 Å². The quantitative estimate of drug-likeness (QED) is 0.844. The molecule has 1 aromatic rings. The smallest absolute Gasteiger partial charge is 0.250 e. The van der Waals surface area contributed by atoms with Crippen LogP contribution in [0, 0.1) is 5.92 Å². The van der Waals surface area contributed by atoms with Gasteiger partial charge in [0.2, 0.25) is 0 Å². The number of nitrogens with two attached hydrogens (primary N) is 1. The van der Waals surface area contributed by atoms with Gasteiger partial charge < -0.3 is 15.2 Å². The third-order valence-electron chi connectivity index (χ3n) is 3.84. The van der Waals surface area contributed by atoms with Gasteiger partial charge in [-0.15, -0.1) is 0 Å². The zero-order valence-corrected chi connectivity index (χ0v) is 10.9. The number of nitrogens with zero attached hydrogens (tertiary/aromatic N) is 2. The molecule has 1 aromatic heterocycles. The van der Waals surface area contributed by atoms with Gasteiger partial charge in [-0.1, -0.05) is 6.07 Å². The van der Waals surface area contributed by atoms with Gasteiger partial charge in [0.1, 0.15) is 0 Å². The zero-order valence-electron chi connectivity index (χ0n) is 10.9. The summed E-state index contributed by atoms with van der Waals surface area (Å²) in [5.41, 5.74) is 5.69. The van der Waals surface area contributed by atoms with Crippen LogP contribution in [0.4, 0.5) is 0 Å². The first-order valence-electron chi connectivity index (χ1n) is 6.87. The first-order valence-corrected chi connectivity index (χ1v) is 6.87. The lowest BCUT2D eigenvalue weighted by Crippen LogP contribution is -2.37. The average molecular weight is 249 g/mol. The lowest BCUT2D eigenvalue weighted by Gasteiger charge is -2.31. The van der Waals surface area contributed by atoms with Gasteiger partial charge >= 0.3 is 0 Å². The molecule has 4 heteroatoms. The maximum absolute atomic E-state index is 11.6. The molecule has 0 aromatic carbocycles. The second-order valence-corrected chi connectivity index (χ2v) is 5.09. The monoisotopic (exact) mass is 249 g/mol. The second-order valence-electron chi connectivity index (χ2n) is 5.09. The predicted molar refractivity (Wildman–Crippen MR) is 73.5 cm³/mol. The van der Waals surface area contributed by atoms with Crippen LogP contribution < -0.4 is 11.3 Å². The number of hydrogen-bond acceptors (Lipinski definition) is 3. The number of rotatable bonds is 5. The van der Waals surface area contributed by atoms with Crippen LogP contribution in [0.15, 0.2) is 29.2 Å². The van der Waals surface area contributed by atoms with E-state index in [4.69, 9.17) is 5.73 Å². The number of pyridine rings is 1. The summed E-state index contributed by atoms with van der Waals surface area (Å²) >= 11 is 0. The molecule has 0 saturated carbocycles. The minimum Gasteiger partial charge on any atom is -0.330 e. The van der Waals surface area contributed by atoms with Crippen LogP contribution >= 0.6 is 0 Å². The molecular formula is C14H23N3O. The number of aromatic nitrogens is 1. The van der Waals surface area contributed by atoms with E-state index in [2.05, 4.69) is 4.90 Å². The largest absolute Gasteiger partial charge is 0.330 e. The first kappa shape index (κ1) is 13.3. The van der Waals surface area contributed by atoms with Crippen LogP contribution in [0.5, 0.6) is 0 Å². The van der Waals surface area contributed by atoms with E-state index in [9.17, 15) is 4.79 Å². The highest BCUT2D eigenvalue weighted by molar-refractivity contribution is 4.93. The van der Waals surface area contributed by atoms with Crippen molar-refractivity contribution in [1.29, 1.82) is 0 Å². The summed E-state index contributed by atoms with van der Waals surface area (Å²) in [4.78, 5) is 14.0. The van der Waals surface area contributed by atoms with Crippen molar-refractivity contribution in [2.45, 2.75) is 25.8 Å². The van der Waals surface area contributed by atoms with Gasteiger partial charge in [-0.05, 0) is 50.9 Å². The Balaban J connectivity index is 1.76. The van der Waals surface area contributed by atoms with Crippen molar-refractivity contribution in [2.24, 2.45) is 11.7 Å². The molecule has 4 nitrogen and oxygen atoms in total. The minimum absolute atomic E-state index is 0.0931. The normalized spacial score (nSPS) is 18.1. The zero-order chi connectivity index (χ0) is 12.8. The number of piperidine rings is 1. The summed E-state index contributed by atoms with van der Waals surface area (Å²) < 4.78 is 1.78. The summed E-state index contributed by atoms with van der Waals surface area (Å²) in [6.07, 6.45) is 5.53. The summed E-state index contributed by atoms with van der Waals surface area (Å²) in [6, 6.07) is 5.32. The summed E-state index contributed by atoms with van der Waals surface area (Å²) in [6.45, 7) is 4.86. The maximum atomic E-state index is 11.6. The van der Waals surface area contributed by atoms with Crippen LogP contribution in [0.1, 0.15) is 19.3 Å². The van der Waals surface area contributed by atoms with Gasteiger partial charge in [0, 0.05) is 25.4 Å². The molecule has 1 aliphatic rings. The van der Waals surface area contributed by atoms with E-state index < -0.39 is 0 Å². The molecule has 0 unspecified atom stereocenters. The van der Waals surface area contributed by atoms with Crippen molar-refractivity contribution in [2.75, 3.05) is 26.2 Å². The summed E-state index contributed by atoms with van der Waals surface area (Å²) in [5.74, 6) is 0.811. The molecule has 18 heavy (non-hydrogen) atoms. The Morgan fingerprint density at radius 2 is 2.00 bits per heavy atom. The molecule has 2 N–H and O–H groups in total. The highest BCUT2D eigenvalue weighted by Gasteiger charge is 2.17. The molecule has 0 bridgehead atoms. The van der Waals surface area contributed by atoms with Gasteiger partial charge in [0.05, 0.1) is 0 Å². The Labute approximate surface area is 108 Å². The van der Waals surface area contributed by atoms with Crippen molar-refractivity contribution in [3.05, 3.63) is 34.7 Å². The SMILES string of the molecule is NCCC1CCN(CCn2ccccc2=O)CC1. The molecule has 0 amide bonds. The standard InChI is InChI=1S/C14H23N3O/c15-7-4-13-5-9-16(10-6-13)11-12-17-8-2-1-3-14(17)18/h1-3,8,13H,4-7,9-12,15H2. The lowest BCUT2D eigenvalue weighted by atomic mass is 9.94. The van der Waals surface area contributed by atoms with Crippen molar-refractivity contribution in [3.8, 4) is 0 Å². The van der Waals surface area contributed by atoms with E-state index >= 15 is 0 Å². The average Bonchev–Trinajstić information content (AvgIpc) is 2.40. The molecular weight excluding hydrogens is 226 g/mol. The molecule has 1 fully saturated rings. The number of hydrogen-bond donors (Lipinski definition) is 1. The fourth-order valence-corrected chi connectivity index (χ4v) is 2.63. The van der Waals surface area contributed by atoms with E-state index in [0.29, 0.717) is 0 Å². The van der Waals surface area contributed by atoms with Gasteiger partial charge in [0.25, 0.3) is 5.56 Å². The highest BCUT2D eigenvalue weighted by Crippen LogP contribution is 2.19. The lowest BCUT2D eigenvalue weighted by molar-refractivity contribution is 0.174. The molecule has 1 aliphatic heterocycles. The molecule has 1 saturated heterocycles. The van der Waals surface area contributed by atoms with Crippen LogP contribution in [0.3, 0.4) is 0 Å². The third-order valence-corrected chi connectivity index (χ3v) is 3.84. The first-order chi connectivity index (χ1) is 8.79. The summed E-state index contributed by atoms with van der Waals surface area (Å²) in [7, 11) is 0. The van der Waals surface area contributed by atoms with Gasteiger partial charge in [-0.3, -0.25) is 4.79 Å². The molecule has 2 rings (SSSR count). The Bertz CT molecular complexity index is 408. The van der Waals surface area contributed by atoms with Gasteiger partial charge in [0.15, 0.2) is 0 Å².